The van der Waals surface area contributed by atoms with E-state index in [2.05, 4.69) is 12.2 Å². The zero-order chi connectivity index (χ0) is 7.14. The van der Waals surface area contributed by atoms with E-state index in [1.807, 2.05) is 6.92 Å². The van der Waals surface area contributed by atoms with Crippen molar-refractivity contribution in [1.29, 1.82) is 0 Å². The van der Waals surface area contributed by atoms with Gasteiger partial charge < -0.3 is 4.74 Å². The van der Waals surface area contributed by atoms with Crippen LogP contribution in [-0.2, 0) is 9.53 Å². The Hall–Kier alpha value is -0.790. The summed E-state index contributed by atoms with van der Waals surface area (Å²) in [6.45, 7) is 1.93. The second kappa shape index (κ2) is 1.84. The van der Waals surface area contributed by atoms with Crippen LogP contribution in [0.5, 0.6) is 0 Å². The molecule has 1 aliphatic heterocycles. The second-order valence-electron chi connectivity index (χ2n) is 3.01. The van der Waals surface area contributed by atoms with Gasteiger partial charge in [-0.25, -0.2) is 0 Å². The van der Waals surface area contributed by atoms with E-state index in [0.717, 1.165) is 6.42 Å². The molecule has 10 heavy (non-hydrogen) atoms. The Morgan fingerprint density at radius 3 is 3.20 bits per heavy atom. The van der Waals surface area contributed by atoms with Gasteiger partial charge in [0.25, 0.3) is 0 Å². The van der Waals surface area contributed by atoms with Crippen molar-refractivity contribution >= 4 is 5.97 Å². The van der Waals surface area contributed by atoms with Gasteiger partial charge in [0.15, 0.2) is 0 Å². The molecule has 0 aromatic heterocycles. The zero-order valence-electron chi connectivity index (χ0n) is 5.91. The van der Waals surface area contributed by atoms with Crippen LogP contribution in [0.1, 0.15) is 13.3 Å². The van der Waals surface area contributed by atoms with Crippen LogP contribution in [0.4, 0.5) is 0 Å². The lowest BCUT2D eigenvalue weighted by molar-refractivity contribution is -0.143. The molecule has 1 fully saturated rings. The fourth-order valence-electron chi connectivity index (χ4n) is 1.68. The van der Waals surface area contributed by atoms with Crippen molar-refractivity contribution in [2.75, 3.05) is 0 Å². The topological polar surface area (TPSA) is 26.3 Å². The number of rotatable bonds is 0. The van der Waals surface area contributed by atoms with Gasteiger partial charge in [0.05, 0.1) is 5.92 Å². The summed E-state index contributed by atoms with van der Waals surface area (Å²) in [6.07, 6.45) is 5.28. The fraction of sp³-hybridized carbons (Fsp3) is 0.625. The maximum absolute atomic E-state index is 10.9. The summed E-state index contributed by atoms with van der Waals surface area (Å²) in [5.74, 6) is 0.426. The molecule has 0 spiro atoms. The van der Waals surface area contributed by atoms with Crippen LogP contribution in [-0.4, -0.2) is 12.1 Å². The van der Waals surface area contributed by atoms with Gasteiger partial charge in [-0.15, -0.1) is 0 Å². The zero-order valence-corrected chi connectivity index (χ0v) is 5.91. The van der Waals surface area contributed by atoms with Crippen LogP contribution in [0.3, 0.4) is 0 Å². The largest absolute Gasteiger partial charge is 0.461 e. The number of carbonyl (C=O) groups excluding carboxylic acids is 1. The van der Waals surface area contributed by atoms with Crippen LogP contribution >= 0.6 is 0 Å². The minimum absolute atomic E-state index is 0.0284. The highest BCUT2D eigenvalue weighted by Crippen LogP contribution is 2.35. The van der Waals surface area contributed by atoms with Crippen molar-refractivity contribution in [3.05, 3.63) is 12.2 Å². The van der Waals surface area contributed by atoms with E-state index in [4.69, 9.17) is 4.74 Å². The first-order valence-corrected chi connectivity index (χ1v) is 3.66. The Bertz CT molecular complexity index is 195. The molecular weight excluding hydrogens is 128 g/mol. The molecule has 0 saturated carbocycles. The van der Waals surface area contributed by atoms with E-state index in [9.17, 15) is 4.79 Å². The third-order valence-corrected chi connectivity index (χ3v) is 2.37. The molecule has 2 heteroatoms. The van der Waals surface area contributed by atoms with Crippen LogP contribution < -0.4 is 0 Å². The lowest BCUT2D eigenvalue weighted by atomic mass is 9.95. The van der Waals surface area contributed by atoms with Gasteiger partial charge in [-0.1, -0.05) is 19.1 Å². The summed E-state index contributed by atoms with van der Waals surface area (Å²) < 4.78 is 5.10. The average Bonchev–Trinajstić information content (AvgIpc) is 2.41. The number of esters is 1. The number of carbonyl (C=O) groups is 1. The first kappa shape index (κ1) is 5.96. The van der Waals surface area contributed by atoms with E-state index in [-0.39, 0.29) is 18.0 Å². The van der Waals surface area contributed by atoms with Crippen molar-refractivity contribution in [3.8, 4) is 0 Å². The average molecular weight is 138 g/mol. The molecule has 54 valence electrons. The van der Waals surface area contributed by atoms with Gasteiger partial charge in [0.2, 0.25) is 0 Å². The molecule has 3 atom stereocenters. The molecule has 2 nitrogen and oxygen atoms in total. The third-order valence-electron chi connectivity index (χ3n) is 2.37. The monoisotopic (exact) mass is 138 g/mol. The molecule has 0 bridgehead atoms. The van der Waals surface area contributed by atoms with E-state index in [1.165, 1.54) is 0 Å². The maximum atomic E-state index is 10.9. The summed E-state index contributed by atoms with van der Waals surface area (Å²) in [5, 5.41) is 0. The Kier molecular flexibility index (Phi) is 1.10. The van der Waals surface area contributed by atoms with Crippen LogP contribution in [0.2, 0.25) is 0 Å². The Morgan fingerprint density at radius 1 is 1.70 bits per heavy atom. The van der Waals surface area contributed by atoms with Crippen molar-refractivity contribution in [2.45, 2.75) is 19.4 Å². The van der Waals surface area contributed by atoms with Crippen LogP contribution in [0.15, 0.2) is 12.2 Å². The summed E-state index contributed by atoms with van der Waals surface area (Å²) in [4.78, 5) is 10.9. The third kappa shape index (κ3) is 0.618. The predicted octanol–water partition coefficient (Wildman–Crippen LogP) is 1.12. The highest BCUT2D eigenvalue weighted by Gasteiger charge is 2.41. The van der Waals surface area contributed by atoms with Crippen molar-refractivity contribution in [1.82, 2.24) is 0 Å². The van der Waals surface area contributed by atoms with E-state index >= 15 is 0 Å². The van der Waals surface area contributed by atoms with E-state index in [0.29, 0.717) is 5.92 Å². The number of fused-ring (bicyclic) bond motifs is 1. The smallest absolute Gasteiger partial charge is 0.309 e. The number of hydrogen-bond acceptors (Lipinski definition) is 2. The Balaban J connectivity index is 2.23. The molecule has 0 radical (unpaired) electrons. The van der Waals surface area contributed by atoms with Gasteiger partial charge in [0.1, 0.15) is 6.10 Å². The first-order valence-electron chi connectivity index (χ1n) is 3.66. The Morgan fingerprint density at radius 2 is 2.50 bits per heavy atom. The second-order valence-corrected chi connectivity index (χ2v) is 3.01. The van der Waals surface area contributed by atoms with E-state index in [1.54, 1.807) is 0 Å². The predicted molar refractivity (Wildman–Crippen MR) is 36.3 cm³/mol. The lowest BCUT2D eigenvalue weighted by Crippen LogP contribution is -2.11. The minimum atomic E-state index is -0.0284. The minimum Gasteiger partial charge on any atom is -0.461 e. The summed E-state index contributed by atoms with van der Waals surface area (Å²) in [7, 11) is 0. The summed E-state index contributed by atoms with van der Waals surface area (Å²) >= 11 is 0. The quantitative estimate of drug-likeness (QED) is 0.370. The maximum Gasteiger partial charge on any atom is 0.309 e. The molecule has 0 N–H and O–H groups in total. The molecule has 0 unspecified atom stereocenters. The lowest BCUT2D eigenvalue weighted by Gasteiger charge is -2.05. The molecule has 0 aromatic rings. The Labute approximate surface area is 59.9 Å². The number of ether oxygens (including phenoxy) is 1. The molecule has 1 heterocycles. The molecule has 2 aliphatic rings. The highest BCUT2D eigenvalue weighted by atomic mass is 16.6. The molecule has 0 amide bonds. The fourth-order valence-corrected chi connectivity index (χ4v) is 1.68. The van der Waals surface area contributed by atoms with Gasteiger partial charge in [0, 0.05) is 12.3 Å². The molecule has 2 rings (SSSR count). The summed E-state index contributed by atoms with van der Waals surface area (Å²) in [5.41, 5.74) is 0. The van der Waals surface area contributed by atoms with Gasteiger partial charge in [-0.2, -0.15) is 0 Å². The van der Waals surface area contributed by atoms with Crippen LogP contribution in [0.25, 0.3) is 0 Å². The summed E-state index contributed by atoms with van der Waals surface area (Å²) in [6, 6.07) is 0. The first-order chi connectivity index (χ1) is 4.79. The van der Waals surface area contributed by atoms with Gasteiger partial charge in [-0.05, 0) is 0 Å². The molecule has 1 saturated heterocycles. The molecular formula is C8H10O2. The van der Waals surface area contributed by atoms with Crippen molar-refractivity contribution < 1.29 is 9.53 Å². The van der Waals surface area contributed by atoms with Crippen LogP contribution in [0, 0.1) is 11.8 Å². The van der Waals surface area contributed by atoms with Gasteiger partial charge >= 0.3 is 5.97 Å². The highest BCUT2D eigenvalue weighted by molar-refractivity contribution is 5.75. The molecule has 1 aliphatic carbocycles. The van der Waals surface area contributed by atoms with Crippen molar-refractivity contribution in [2.24, 2.45) is 11.8 Å². The standard InChI is InChI=1S/C8H10O2/c1-5-6-3-2-4-7(6)10-8(5)9/h2-3,5-7H,4H2,1H3/t5-,6-,7-/m0/s1. The molecule has 0 aromatic carbocycles. The van der Waals surface area contributed by atoms with Gasteiger partial charge in [-0.3, -0.25) is 4.79 Å². The normalized spacial score (nSPS) is 43.7. The number of hydrogen-bond donors (Lipinski definition) is 0. The van der Waals surface area contributed by atoms with E-state index < -0.39 is 0 Å². The SMILES string of the molecule is C[C@@H]1C(=O)O[C@H]2CC=C[C@H]21. The van der Waals surface area contributed by atoms with Crippen molar-refractivity contribution in [3.63, 3.8) is 0 Å².